The molecule has 0 aromatic heterocycles. The Morgan fingerprint density at radius 2 is 1.67 bits per heavy atom. The van der Waals surface area contributed by atoms with E-state index in [0.29, 0.717) is 6.42 Å². The molecule has 0 atom stereocenters. The molecule has 0 saturated carbocycles. The molecule has 18 heavy (non-hydrogen) atoms. The largest absolute Gasteiger partial charge is 0.480 e. The number of nitrogens with one attached hydrogen (secondary N) is 1. The zero-order valence-electron chi connectivity index (χ0n) is 10.7. The van der Waals surface area contributed by atoms with Crippen molar-refractivity contribution < 1.29 is 29.3 Å². The minimum atomic E-state index is -1.65. The van der Waals surface area contributed by atoms with Crippen molar-refractivity contribution in [2.24, 2.45) is 0 Å². The third-order valence-corrected chi connectivity index (χ3v) is 1.82. The number of carboxylic acids is 2. The predicted octanol–water partition coefficient (Wildman–Crippen LogP) is 0.236. The molecular weight excluding hydrogens is 242 g/mol. The number of carbonyl (C=O) groups excluding carboxylic acids is 1. The van der Waals surface area contributed by atoms with Gasteiger partial charge in [0.15, 0.2) is 0 Å². The summed E-state index contributed by atoms with van der Waals surface area (Å²) in [6.07, 6.45) is 0.419. The molecule has 0 aromatic rings. The van der Waals surface area contributed by atoms with Gasteiger partial charge in [0.25, 0.3) is 0 Å². The summed E-state index contributed by atoms with van der Waals surface area (Å²) in [7, 11) is 0. The fourth-order valence-corrected chi connectivity index (χ4v) is 1.15. The topological polar surface area (TPSA) is 113 Å². The number of carboxylic acid groups (broad SMARTS) is 2. The third kappa shape index (κ3) is 7.61. The molecule has 0 spiro atoms. The highest BCUT2D eigenvalue weighted by atomic mass is 16.6. The molecule has 104 valence electrons. The highest BCUT2D eigenvalue weighted by molar-refractivity contribution is 5.97. The Labute approximate surface area is 105 Å². The van der Waals surface area contributed by atoms with Crippen LogP contribution in [0.5, 0.6) is 0 Å². The summed E-state index contributed by atoms with van der Waals surface area (Å²) in [6.45, 7) is 5.35. The zero-order chi connectivity index (χ0) is 14.3. The fourth-order valence-electron chi connectivity index (χ4n) is 1.15. The number of carbonyl (C=O) groups is 3. The van der Waals surface area contributed by atoms with Crippen molar-refractivity contribution in [3.63, 3.8) is 0 Å². The van der Waals surface area contributed by atoms with E-state index >= 15 is 0 Å². The van der Waals surface area contributed by atoms with Crippen LogP contribution < -0.4 is 5.32 Å². The van der Waals surface area contributed by atoms with E-state index in [1.54, 1.807) is 20.8 Å². The number of aliphatic carboxylic acids is 2. The van der Waals surface area contributed by atoms with E-state index in [1.807, 2.05) is 0 Å². The van der Waals surface area contributed by atoms with Crippen LogP contribution in [0.1, 0.15) is 33.6 Å². The minimum absolute atomic E-state index is 0.107. The first kappa shape index (κ1) is 16.4. The second kappa shape index (κ2) is 6.95. The Kier molecular flexibility index (Phi) is 6.32. The first-order chi connectivity index (χ1) is 8.13. The summed E-state index contributed by atoms with van der Waals surface area (Å²) in [5.74, 6) is -3.31. The second-order valence-electron chi connectivity index (χ2n) is 4.75. The van der Waals surface area contributed by atoms with Crippen LogP contribution in [0.2, 0.25) is 0 Å². The Morgan fingerprint density at radius 1 is 1.17 bits per heavy atom. The molecule has 3 N–H and O–H groups in total. The molecule has 0 unspecified atom stereocenters. The first-order valence-electron chi connectivity index (χ1n) is 5.54. The van der Waals surface area contributed by atoms with Crippen LogP contribution in [0.4, 0.5) is 0 Å². The lowest BCUT2D eigenvalue weighted by Gasteiger charge is -2.19. The van der Waals surface area contributed by atoms with E-state index in [1.165, 1.54) is 0 Å². The molecule has 0 aliphatic heterocycles. The molecule has 7 heteroatoms. The van der Waals surface area contributed by atoms with Gasteiger partial charge in [0.2, 0.25) is 6.04 Å². The Hall–Kier alpha value is -1.63. The van der Waals surface area contributed by atoms with E-state index in [9.17, 15) is 14.4 Å². The summed E-state index contributed by atoms with van der Waals surface area (Å²) in [6, 6.07) is -1.65. The molecule has 0 saturated heterocycles. The molecule has 0 fully saturated rings. The lowest BCUT2D eigenvalue weighted by molar-refractivity contribution is -0.155. The quantitative estimate of drug-likeness (QED) is 0.341. The number of ether oxygens (including phenoxy) is 1. The van der Waals surface area contributed by atoms with Gasteiger partial charge >= 0.3 is 17.9 Å². The average Bonchev–Trinajstić information content (AvgIpc) is 2.12. The highest BCUT2D eigenvalue weighted by Gasteiger charge is 2.24. The van der Waals surface area contributed by atoms with Crippen LogP contribution in [0.15, 0.2) is 0 Å². The summed E-state index contributed by atoms with van der Waals surface area (Å²) in [4.78, 5) is 32.3. The van der Waals surface area contributed by atoms with E-state index in [-0.39, 0.29) is 13.0 Å². The number of rotatable bonds is 7. The monoisotopic (exact) mass is 261 g/mol. The number of hydrogen-bond acceptors (Lipinski definition) is 5. The first-order valence-corrected chi connectivity index (χ1v) is 5.54. The Bertz CT molecular complexity index is 306. The number of hydrogen-bond donors (Lipinski definition) is 3. The third-order valence-electron chi connectivity index (χ3n) is 1.82. The van der Waals surface area contributed by atoms with Crippen molar-refractivity contribution in [2.75, 3.05) is 6.54 Å². The van der Waals surface area contributed by atoms with Crippen molar-refractivity contribution in [1.29, 1.82) is 0 Å². The zero-order valence-corrected chi connectivity index (χ0v) is 10.7. The fraction of sp³-hybridized carbons (Fsp3) is 0.727. The van der Waals surface area contributed by atoms with Gasteiger partial charge in [0.05, 0.1) is 0 Å². The van der Waals surface area contributed by atoms with E-state index in [2.05, 4.69) is 5.32 Å². The van der Waals surface area contributed by atoms with Crippen molar-refractivity contribution in [3.05, 3.63) is 0 Å². The molecule has 0 radical (unpaired) electrons. The normalized spacial score (nSPS) is 11.3. The molecule has 0 aromatic carbocycles. The Balaban J connectivity index is 3.89. The van der Waals surface area contributed by atoms with Crippen LogP contribution in [-0.2, 0) is 19.1 Å². The second-order valence-corrected chi connectivity index (χ2v) is 4.75. The van der Waals surface area contributed by atoms with Crippen LogP contribution in [0, 0.1) is 0 Å². The average molecular weight is 261 g/mol. The highest BCUT2D eigenvalue weighted by Crippen LogP contribution is 2.08. The lowest BCUT2D eigenvalue weighted by Crippen LogP contribution is -2.43. The van der Waals surface area contributed by atoms with Crippen molar-refractivity contribution in [2.45, 2.75) is 45.3 Å². The van der Waals surface area contributed by atoms with Crippen molar-refractivity contribution in [3.8, 4) is 0 Å². The minimum Gasteiger partial charge on any atom is -0.480 e. The standard InChI is InChI=1S/C11H19NO6/c1-11(2,3)18-7(13)5-4-6-12-8(9(14)15)10(16)17/h8,12H,4-6H2,1-3H3,(H,14,15)(H,16,17). The molecule has 0 aliphatic rings. The van der Waals surface area contributed by atoms with Gasteiger partial charge < -0.3 is 14.9 Å². The maximum absolute atomic E-state index is 11.3. The van der Waals surface area contributed by atoms with Gasteiger partial charge in [-0.3, -0.25) is 10.1 Å². The maximum atomic E-state index is 11.3. The maximum Gasteiger partial charge on any atom is 0.332 e. The number of esters is 1. The van der Waals surface area contributed by atoms with Gasteiger partial charge in [0.1, 0.15) is 5.60 Å². The summed E-state index contributed by atoms with van der Waals surface area (Å²) in [5, 5.41) is 19.5. The van der Waals surface area contributed by atoms with E-state index < -0.39 is 29.6 Å². The van der Waals surface area contributed by atoms with Gasteiger partial charge in [-0.25, -0.2) is 9.59 Å². The predicted molar refractivity (Wildman–Crippen MR) is 62.1 cm³/mol. The molecule has 0 aliphatic carbocycles. The van der Waals surface area contributed by atoms with Crippen LogP contribution in [-0.4, -0.2) is 46.3 Å². The van der Waals surface area contributed by atoms with Gasteiger partial charge in [-0.15, -0.1) is 0 Å². The molecule has 0 amide bonds. The molecule has 0 bridgehead atoms. The van der Waals surface area contributed by atoms with Crippen LogP contribution >= 0.6 is 0 Å². The van der Waals surface area contributed by atoms with Gasteiger partial charge in [-0.1, -0.05) is 0 Å². The van der Waals surface area contributed by atoms with Crippen LogP contribution in [0.3, 0.4) is 0 Å². The molecule has 0 heterocycles. The van der Waals surface area contributed by atoms with Gasteiger partial charge in [-0.2, -0.15) is 0 Å². The van der Waals surface area contributed by atoms with Crippen LogP contribution in [0.25, 0.3) is 0 Å². The summed E-state index contributed by atoms with van der Waals surface area (Å²) < 4.78 is 5.04. The van der Waals surface area contributed by atoms with E-state index in [4.69, 9.17) is 14.9 Å². The summed E-state index contributed by atoms with van der Waals surface area (Å²) in [5.41, 5.74) is -0.560. The molecule has 7 nitrogen and oxygen atoms in total. The van der Waals surface area contributed by atoms with Gasteiger partial charge in [-0.05, 0) is 33.7 Å². The van der Waals surface area contributed by atoms with E-state index in [0.717, 1.165) is 0 Å². The smallest absolute Gasteiger partial charge is 0.332 e. The lowest BCUT2D eigenvalue weighted by atomic mass is 10.2. The Morgan fingerprint density at radius 3 is 2.06 bits per heavy atom. The summed E-state index contributed by atoms with van der Waals surface area (Å²) >= 11 is 0. The SMILES string of the molecule is CC(C)(C)OC(=O)CCCNC(C(=O)O)C(=O)O. The molecule has 0 rings (SSSR count). The van der Waals surface area contributed by atoms with Gasteiger partial charge in [0, 0.05) is 6.42 Å². The van der Waals surface area contributed by atoms with Crippen molar-refractivity contribution >= 4 is 17.9 Å². The molecular formula is C11H19NO6. The van der Waals surface area contributed by atoms with Crippen molar-refractivity contribution in [1.82, 2.24) is 5.32 Å².